The van der Waals surface area contributed by atoms with Crippen molar-refractivity contribution in [3.63, 3.8) is 0 Å². The lowest BCUT2D eigenvalue weighted by Gasteiger charge is -2.10. The average Bonchev–Trinajstić information content (AvgIpc) is 2.37. The third-order valence-corrected chi connectivity index (χ3v) is 4.50. The molecule has 0 aliphatic rings. The fourth-order valence-electron chi connectivity index (χ4n) is 1.80. The predicted molar refractivity (Wildman–Crippen MR) is 79.1 cm³/mol. The number of H-pyrrole nitrogens is 2. The molecule has 0 amide bonds. The second kappa shape index (κ2) is 5.21. The van der Waals surface area contributed by atoms with Crippen LogP contribution in [0, 0.1) is 20.8 Å². The van der Waals surface area contributed by atoms with Gasteiger partial charge in [-0.05, 0) is 44.0 Å². The molecule has 0 aliphatic carbocycles. The van der Waals surface area contributed by atoms with Crippen molar-refractivity contribution in [2.24, 2.45) is 0 Å². The van der Waals surface area contributed by atoms with E-state index in [1.807, 2.05) is 11.9 Å². The predicted octanol–water partition coefficient (Wildman–Crippen LogP) is 0.789. The van der Waals surface area contributed by atoms with E-state index in [9.17, 15) is 18.0 Å². The molecule has 1 aromatic heterocycles. The van der Waals surface area contributed by atoms with E-state index in [1.165, 1.54) is 19.1 Å². The van der Waals surface area contributed by atoms with E-state index in [2.05, 4.69) is 9.71 Å². The van der Waals surface area contributed by atoms with Crippen molar-refractivity contribution in [3.8, 4) is 0 Å². The van der Waals surface area contributed by atoms with Crippen molar-refractivity contribution in [1.29, 1.82) is 0 Å². The summed E-state index contributed by atoms with van der Waals surface area (Å²) in [4.78, 5) is 27.1. The second-order valence-electron chi connectivity index (χ2n) is 4.76. The molecule has 3 N–H and O–H groups in total. The van der Waals surface area contributed by atoms with Crippen LogP contribution in [0.3, 0.4) is 0 Å². The Hall–Kier alpha value is -2.35. The van der Waals surface area contributed by atoms with Crippen LogP contribution >= 0.6 is 0 Å². The van der Waals surface area contributed by atoms with Crippen molar-refractivity contribution in [3.05, 3.63) is 55.9 Å². The number of nitrogens with one attached hydrogen (secondary N) is 3. The molecule has 1 aromatic carbocycles. The van der Waals surface area contributed by atoms with E-state index in [1.54, 1.807) is 13.0 Å². The Morgan fingerprint density at radius 2 is 1.67 bits per heavy atom. The van der Waals surface area contributed by atoms with Crippen LogP contribution < -0.4 is 16.0 Å². The van der Waals surface area contributed by atoms with Crippen LogP contribution in [0.25, 0.3) is 0 Å². The van der Waals surface area contributed by atoms with Gasteiger partial charge in [0, 0.05) is 5.69 Å². The smallest absolute Gasteiger partial charge is 0.309 e. The number of hydrogen-bond donors (Lipinski definition) is 3. The molecule has 0 atom stereocenters. The van der Waals surface area contributed by atoms with E-state index >= 15 is 0 Å². The molecule has 21 heavy (non-hydrogen) atoms. The standard InChI is InChI=1S/C13H15N3O4S/c1-7-4-5-10(6-8(7)2)21(19,20)16-11-9(3)14-13(18)15-12(11)17/h4-6,16H,1-3H3,(H2,14,15,17,18). The first-order valence-electron chi connectivity index (χ1n) is 6.14. The summed E-state index contributed by atoms with van der Waals surface area (Å²) in [5.41, 5.74) is 0.260. The lowest BCUT2D eigenvalue weighted by Crippen LogP contribution is -2.28. The number of aryl methyl sites for hydroxylation is 3. The van der Waals surface area contributed by atoms with Gasteiger partial charge in [0.25, 0.3) is 15.6 Å². The molecule has 0 fully saturated rings. The summed E-state index contributed by atoms with van der Waals surface area (Å²) in [6, 6.07) is 4.67. The van der Waals surface area contributed by atoms with Gasteiger partial charge in [0.05, 0.1) is 4.90 Å². The van der Waals surface area contributed by atoms with E-state index in [0.29, 0.717) is 0 Å². The zero-order valence-corrected chi connectivity index (χ0v) is 12.6. The summed E-state index contributed by atoms with van der Waals surface area (Å²) in [6.07, 6.45) is 0. The highest BCUT2D eigenvalue weighted by atomic mass is 32.2. The van der Waals surface area contributed by atoms with Crippen molar-refractivity contribution >= 4 is 15.7 Å². The number of hydrogen-bond acceptors (Lipinski definition) is 4. The molecule has 0 spiro atoms. The summed E-state index contributed by atoms with van der Waals surface area (Å²) in [5.74, 6) is 0. The molecule has 7 nitrogen and oxygen atoms in total. The molecule has 2 rings (SSSR count). The van der Waals surface area contributed by atoms with E-state index < -0.39 is 21.3 Å². The quantitative estimate of drug-likeness (QED) is 0.778. The van der Waals surface area contributed by atoms with Gasteiger partial charge in [-0.1, -0.05) is 6.07 Å². The van der Waals surface area contributed by atoms with Crippen molar-refractivity contribution in [2.45, 2.75) is 25.7 Å². The maximum atomic E-state index is 12.3. The molecule has 8 heteroatoms. The topological polar surface area (TPSA) is 112 Å². The number of sulfonamides is 1. The maximum absolute atomic E-state index is 12.3. The van der Waals surface area contributed by atoms with Crippen molar-refractivity contribution in [1.82, 2.24) is 9.97 Å². The summed E-state index contributed by atoms with van der Waals surface area (Å²) >= 11 is 0. The van der Waals surface area contributed by atoms with Gasteiger partial charge in [-0.25, -0.2) is 13.2 Å². The zero-order chi connectivity index (χ0) is 15.8. The Labute approximate surface area is 121 Å². The van der Waals surface area contributed by atoms with Crippen LogP contribution in [-0.4, -0.2) is 18.4 Å². The minimum atomic E-state index is -3.90. The monoisotopic (exact) mass is 309 g/mol. The first kappa shape index (κ1) is 15.0. The molecule has 0 radical (unpaired) electrons. The molecule has 0 unspecified atom stereocenters. The van der Waals surface area contributed by atoms with Crippen LogP contribution in [0.2, 0.25) is 0 Å². The Morgan fingerprint density at radius 1 is 1.00 bits per heavy atom. The zero-order valence-electron chi connectivity index (χ0n) is 11.8. The first-order valence-corrected chi connectivity index (χ1v) is 7.62. The number of aromatic amines is 2. The van der Waals surface area contributed by atoms with Gasteiger partial charge in [0.2, 0.25) is 0 Å². The van der Waals surface area contributed by atoms with Gasteiger partial charge in [-0.15, -0.1) is 0 Å². The molecule has 0 aliphatic heterocycles. The van der Waals surface area contributed by atoms with E-state index in [4.69, 9.17) is 0 Å². The normalized spacial score (nSPS) is 11.4. The third-order valence-electron chi connectivity index (χ3n) is 3.16. The van der Waals surface area contributed by atoms with Crippen LogP contribution in [-0.2, 0) is 10.0 Å². The molecule has 112 valence electrons. The van der Waals surface area contributed by atoms with Crippen molar-refractivity contribution < 1.29 is 8.42 Å². The fraction of sp³-hybridized carbons (Fsp3) is 0.231. The Kier molecular flexibility index (Phi) is 3.73. The van der Waals surface area contributed by atoms with Gasteiger partial charge in [0.1, 0.15) is 5.69 Å². The van der Waals surface area contributed by atoms with Gasteiger partial charge in [0.15, 0.2) is 0 Å². The highest BCUT2D eigenvalue weighted by Crippen LogP contribution is 2.17. The molecular formula is C13H15N3O4S. The van der Waals surface area contributed by atoms with Gasteiger partial charge in [-0.2, -0.15) is 0 Å². The van der Waals surface area contributed by atoms with E-state index in [-0.39, 0.29) is 16.3 Å². The minimum Gasteiger partial charge on any atom is -0.309 e. The number of aromatic nitrogens is 2. The second-order valence-corrected chi connectivity index (χ2v) is 6.44. The van der Waals surface area contributed by atoms with Crippen LogP contribution in [0.1, 0.15) is 16.8 Å². The average molecular weight is 309 g/mol. The van der Waals surface area contributed by atoms with Crippen LogP contribution in [0.4, 0.5) is 5.69 Å². The largest absolute Gasteiger partial charge is 0.326 e. The Balaban J connectivity index is 2.49. The Morgan fingerprint density at radius 3 is 2.24 bits per heavy atom. The first-order chi connectivity index (χ1) is 9.70. The van der Waals surface area contributed by atoms with Crippen LogP contribution in [0.15, 0.2) is 32.7 Å². The fourth-order valence-corrected chi connectivity index (χ4v) is 3.01. The third kappa shape index (κ3) is 3.05. The molecule has 2 aromatic rings. The highest BCUT2D eigenvalue weighted by molar-refractivity contribution is 7.92. The SMILES string of the molecule is Cc1ccc(S(=O)(=O)Nc2c(C)[nH]c(=O)[nH]c2=O)cc1C. The highest BCUT2D eigenvalue weighted by Gasteiger charge is 2.18. The molecule has 0 saturated heterocycles. The minimum absolute atomic E-state index is 0.0515. The Bertz CT molecular complexity index is 910. The lowest BCUT2D eigenvalue weighted by atomic mass is 10.1. The molecule has 0 bridgehead atoms. The lowest BCUT2D eigenvalue weighted by molar-refractivity contribution is 0.601. The van der Waals surface area contributed by atoms with Gasteiger partial charge < -0.3 is 4.98 Å². The summed E-state index contributed by atoms with van der Waals surface area (Å²) in [7, 11) is -3.90. The summed E-state index contributed by atoms with van der Waals surface area (Å²) < 4.78 is 26.8. The number of rotatable bonds is 3. The molecule has 0 saturated carbocycles. The number of anilines is 1. The van der Waals surface area contributed by atoms with E-state index in [0.717, 1.165) is 11.1 Å². The maximum Gasteiger partial charge on any atom is 0.326 e. The summed E-state index contributed by atoms with van der Waals surface area (Å²) in [6.45, 7) is 5.11. The summed E-state index contributed by atoms with van der Waals surface area (Å²) in [5, 5.41) is 0. The van der Waals surface area contributed by atoms with Gasteiger partial charge >= 0.3 is 5.69 Å². The molecule has 1 heterocycles. The molecular weight excluding hydrogens is 294 g/mol. The van der Waals surface area contributed by atoms with Crippen LogP contribution in [0.5, 0.6) is 0 Å². The van der Waals surface area contributed by atoms with Gasteiger partial charge in [-0.3, -0.25) is 14.5 Å². The number of benzene rings is 1. The van der Waals surface area contributed by atoms with Crippen molar-refractivity contribution in [2.75, 3.05) is 4.72 Å².